The molecule has 1 aliphatic heterocycles. The van der Waals surface area contributed by atoms with Gasteiger partial charge >= 0.3 is 0 Å². The second kappa shape index (κ2) is 8.54. The molecule has 0 spiro atoms. The standard InChI is InChI=1S/C20H26N2O3S2/c1-3-18(16-8-6-15(2)7-9-16)21-20(23)17-10-12-22(13-11-17)27(24,25)19-5-4-14-26-19/h4-9,14,17-18H,3,10-13H2,1-2H3,(H,21,23)/t18-/m0/s1. The zero-order valence-corrected chi connectivity index (χ0v) is 17.4. The van der Waals surface area contributed by atoms with Crippen LogP contribution in [0.3, 0.4) is 0 Å². The molecule has 146 valence electrons. The molecule has 1 aromatic heterocycles. The van der Waals surface area contributed by atoms with Crippen molar-refractivity contribution in [1.82, 2.24) is 9.62 Å². The molecule has 0 radical (unpaired) electrons. The van der Waals surface area contributed by atoms with Crippen molar-refractivity contribution < 1.29 is 13.2 Å². The first kappa shape index (κ1) is 20.0. The first-order valence-corrected chi connectivity index (χ1v) is 11.6. The van der Waals surface area contributed by atoms with E-state index >= 15 is 0 Å². The highest BCUT2D eigenvalue weighted by molar-refractivity contribution is 7.91. The lowest BCUT2D eigenvalue weighted by Gasteiger charge is -2.31. The van der Waals surface area contributed by atoms with Gasteiger partial charge in [-0.3, -0.25) is 4.79 Å². The van der Waals surface area contributed by atoms with E-state index in [9.17, 15) is 13.2 Å². The van der Waals surface area contributed by atoms with E-state index in [1.54, 1.807) is 17.5 Å². The monoisotopic (exact) mass is 406 g/mol. The van der Waals surface area contributed by atoms with Gasteiger partial charge < -0.3 is 5.32 Å². The summed E-state index contributed by atoms with van der Waals surface area (Å²) >= 11 is 1.23. The van der Waals surface area contributed by atoms with Crippen LogP contribution in [0.5, 0.6) is 0 Å². The van der Waals surface area contributed by atoms with Gasteiger partial charge in [0.25, 0.3) is 10.0 Å². The average molecular weight is 407 g/mol. The number of amides is 1. The summed E-state index contributed by atoms with van der Waals surface area (Å²) in [5.74, 6) is -0.116. The summed E-state index contributed by atoms with van der Waals surface area (Å²) in [5.41, 5.74) is 2.30. The van der Waals surface area contributed by atoms with E-state index in [0.717, 1.165) is 12.0 Å². The molecule has 1 atom stereocenters. The Morgan fingerprint density at radius 2 is 1.89 bits per heavy atom. The number of rotatable bonds is 6. The molecule has 2 heterocycles. The first-order valence-electron chi connectivity index (χ1n) is 9.32. The molecular formula is C20H26N2O3S2. The maximum absolute atomic E-state index is 12.7. The molecule has 1 aliphatic rings. The van der Waals surface area contributed by atoms with Crippen LogP contribution < -0.4 is 5.32 Å². The molecule has 0 bridgehead atoms. The van der Waals surface area contributed by atoms with Crippen molar-refractivity contribution in [2.45, 2.75) is 43.4 Å². The molecule has 1 saturated heterocycles. The van der Waals surface area contributed by atoms with Gasteiger partial charge in [-0.15, -0.1) is 11.3 Å². The number of nitrogens with zero attached hydrogens (tertiary/aromatic N) is 1. The number of aryl methyl sites for hydroxylation is 1. The summed E-state index contributed by atoms with van der Waals surface area (Å²) in [5, 5.41) is 4.92. The second-order valence-corrected chi connectivity index (χ2v) is 10.1. The third kappa shape index (κ3) is 4.59. The van der Waals surface area contributed by atoms with Crippen molar-refractivity contribution in [3.8, 4) is 0 Å². The van der Waals surface area contributed by atoms with E-state index in [0.29, 0.717) is 30.1 Å². The molecule has 1 N–H and O–H groups in total. The Morgan fingerprint density at radius 1 is 1.22 bits per heavy atom. The lowest BCUT2D eigenvalue weighted by molar-refractivity contribution is -0.126. The summed E-state index contributed by atoms with van der Waals surface area (Å²) in [7, 11) is -3.42. The van der Waals surface area contributed by atoms with Crippen molar-refractivity contribution in [2.24, 2.45) is 5.92 Å². The van der Waals surface area contributed by atoms with Crippen LogP contribution in [0.2, 0.25) is 0 Å². The van der Waals surface area contributed by atoms with E-state index in [1.165, 1.54) is 21.2 Å². The minimum Gasteiger partial charge on any atom is -0.349 e. The third-order valence-corrected chi connectivity index (χ3v) is 8.39. The Balaban J connectivity index is 1.59. The normalized spacial score (nSPS) is 17.6. The van der Waals surface area contributed by atoms with E-state index < -0.39 is 10.0 Å². The maximum Gasteiger partial charge on any atom is 0.252 e. The van der Waals surface area contributed by atoms with Crippen LogP contribution in [0.4, 0.5) is 0 Å². The van der Waals surface area contributed by atoms with Crippen LogP contribution in [-0.2, 0) is 14.8 Å². The Hall–Kier alpha value is -1.70. The fourth-order valence-corrected chi connectivity index (χ4v) is 6.02. The molecule has 1 fully saturated rings. The molecule has 7 heteroatoms. The number of nitrogens with one attached hydrogen (secondary N) is 1. The Labute approximate surface area is 165 Å². The van der Waals surface area contributed by atoms with Gasteiger partial charge in [-0.1, -0.05) is 42.8 Å². The predicted molar refractivity (Wildman–Crippen MR) is 108 cm³/mol. The quantitative estimate of drug-likeness (QED) is 0.795. The minimum absolute atomic E-state index is 0.00835. The van der Waals surface area contributed by atoms with Crippen molar-refractivity contribution in [1.29, 1.82) is 0 Å². The summed E-state index contributed by atoms with van der Waals surface area (Å²) in [6.45, 7) is 4.88. The highest BCUT2D eigenvalue weighted by Crippen LogP contribution is 2.27. The van der Waals surface area contributed by atoms with Crippen molar-refractivity contribution >= 4 is 27.3 Å². The van der Waals surface area contributed by atoms with E-state index in [-0.39, 0.29) is 17.9 Å². The smallest absolute Gasteiger partial charge is 0.252 e. The minimum atomic E-state index is -3.42. The van der Waals surface area contributed by atoms with Gasteiger partial charge in [-0.2, -0.15) is 4.31 Å². The highest BCUT2D eigenvalue weighted by Gasteiger charge is 2.33. The molecule has 2 aromatic rings. The number of hydrogen-bond acceptors (Lipinski definition) is 4. The summed E-state index contributed by atoms with van der Waals surface area (Å²) in [4.78, 5) is 12.7. The molecule has 27 heavy (non-hydrogen) atoms. The van der Waals surface area contributed by atoms with Gasteiger partial charge in [0, 0.05) is 19.0 Å². The number of carbonyl (C=O) groups is 1. The number of sulfonamides is 1. The van der Waals surface area contributed by atoms with E-state index in [2.05, 4.69) is 36.5 Å². The second-order valence-electron chi connectivity index (χ2n) is 6.99. The SMILES string of the molecule is CC[C@H](NC(=O)C1CCN(S(=O)(=O)c2cccs2)CC1)c1ccc(C)cc1. The van der Waals surface area contributed by atoms with Crippen LogP contribution >= 0.6 is 11.3 Å². The molecule has 5 nitrogen and oxygen atoms in total. The lowest BCUT2D eigenvalue weighted by Crippen LogP contribution is -2.43. The van der Waals surface area contributed by atoms with Crippen molar-refractivity contribution in [3.63, 3.8) is 0 Å². The van der Waals surface area contributed by atoms with Gasteiger partial charge in [0.2, 0.25) is 5.91 Å². The van der Waals surface area contributed by atoms with Crippen molar-refractivity contribution in [2.75, 3.05) is 13.1 Å². The van der Waals surface area contributed by atoms with Gasteiger partial charge in [0.05, 0.1) is 6.04 Å². The van der Waals surface area contributed by atoms with Gasteiger partial charge in [0.15, 0.2) is 0 Å². The largest absolute Gasteiger partial charge is 0.349 e. The fraction of sp³-hybridized carbons (Fsp3) is 0.450. The average Bonchev–Trinajstić information content (AvgIpc) is 3.22. The fourth-order valence-electron chi connectivity index (χ4n) is 3.41. The molecule has 0 saturated carbocycles. The molecule has 3 rings (SSSR count). The maximum atomic E-state index is 12.7. The Morgan fingerprint density at radius 3 is 2.44 bits per heavy atom. The third-order valence-electron chi connectivity index (χ3n) is 5.12. The van der Waals surface area contributed by atoms with Crippen LogP contribution in [-0.4, -0.2) is 31.7 Å². The van der Waals surface area contributed by atoms with Crippen LogP contribution in [0.1, 0.15) is 43.4 Å². The van der Waals surface area contributed by atoms with Gasteiger partial charge in [0.1, 0.15) is 4.21 Å². The number of benzene rings is 1. The summed E-state index contributed by atoms with van der Waals surface area (Å²) in [6, 6.07) is 11.6. The van der Waals surface area contributed by atoms with Gasteiger partial charge in [-0.25, -0.2) is 8.42 Å². The molecule has 1 aromatic carbocycles. The highest BCUT2D eigenvalue weighted by atomic mass is 32.2. The number of carbonyl (C=O) groups excluding carboxylic acids is 1. The van der Waals surface area contributed by atoms with Crippen LogP contribution in [0.25, 0.3) is 0 Å². The predicted octanol–water partition coefficient (Wildman–Crippen LogP) is 3.72. The van der Waals surface area contributed by atoms with Crippen molar-refractivity contribution in [3.05, 3.63) is 52.9 Å². The zero-order chi connectivity index (χ0) is 19.4. The number of thiophene rings is 1. The van der Waals surface area contributed by atoms with Crippen LogP contribution in [0.15, 0.2) is 46.0 Å². The number of hydrogen-bond donors (Lipinski definition) is 1. The van der Waals surface area contributed by atoms with Crippen LogP contribution in [0, 0.1) is 12.8 Å². The molecule has 0 unspecified atom stereocenters. The Kier molecular flexibility index (Phi) is 6.34. The topological polar surface area (TPSA) is 66.5 Å². The zero-order valence-electron chi connectivity index (χ0n) is 15.7. The molecule has 1 amide bonds. The number of piperidine rings is 1. The molecule has 0 aliphatic carbocycles. The van der Waals surface area contributed by atoms with E-state index in [4.69, 9.17) is 0 Å². The Bertz CT molecular complexity index is 853. The lowest BCUT2D eigenvalue weighted by atomic mass is 9.95. The van der Waals surface area contributed by atoms with Gasteiger partial charge in [-0.05, 0) is 43.2 Å². The molecular weight excluding hydrogens is 380 g/mol. The summed E-state index contributed by atoms with van der Waals surface area (Å²) in [6.07, 6.45) is 1.93. The summed E-state index contributed by atoms with van der Waals surface area (Å²) < 4.78 is 27.1. The first-order chi connectivity index (χ1) is 12.9. The van der Waals surface area contributed by atoms with E-state index in [1.807, 2.05) is 6.92 Å².